The van der Waals surface area contributed by atoms with Gasteiger partial charge in [-0.1, -0.05) is 30.3 Å². The molecule has 2 aromatic rings. The summed E-state index contributed by atoms with van der Waals surface area (Å²) in [5, 5.41) is 35.1. The number of nitro benzene ring substituents is 1. The maximum absolute atomic E-state index is 12.2. The Morgan fingerprint density at radius 2 is 1.85 bits per heavy atom. The molecule has 0 heterocycles. The highest BCUT2D eigenvalue weighted by atomic mass is 16.6. The Kier molecular flexibility index (Phi) is 9.77. The van der Waals surface area contributed by atoms with Gasteiger partial charge < -0.3 is 30.3 Å². The second kappa shape index (κ2) is 12.7. The van der Waals surface area contributed by atoms with E-state index in [0.717, 1.165) is 5.56 Å². The number of hydrogen-bond acceptors (Lipinski definition) is 8. The van der Waals surface area contributed by atoms with Crippen molar-refractivity contribution in [2.75, 3.05) is 13.7 Å². The van der Waals surface area contributed by atoms with Crippen molar-refractivity contribution in [2.24, 2.45) is 0 Å². The lowest BCUT2D eigenvalue weighted by Gasteiger charge is -2.18. The van der Waals surface area contributed by atoms with Gasteiger partial charge in [-0.05, 0) is 11.6 Å². The van der Waals surface area contributed by atoms with Gasteiger partial charge in [0, 0.05) is 30.7 Å². The van der Waals surface area contributed by atoms with Gasteiger partial charge in [0.2, 0.25) is 5.91 Å². The molecule has 2 atom stereocenters. The highest BCUT2D eigenvalue weighted by molar-refractivity contribution is 5.84. The molecule has 0 aliphatic carbocycles. The molecule has 0 aliphatic heterocycles. The van der Waals surface area contributed by atoms with Crippen LogP contribution in [-0.4, -0.2) is 58.9 Å². The first-order valence-electron chi connectivity index (χ1n) is 10.2. The Bertz CT molecular complexity index is 1010. The number of amides is 2. The van der Waals surface area contributed by atoms with Crippen molar-refractivity contribution in [2.45, 2.75) is 31.6 Å². The molecule has 12 heteroatoms. The van der Waals surface area contributed by atoms with Gasteiger partial charge in [-0.15, -0.1) is 0 Å². The minimum Gasteiger partial charge on any atom is -0.496 e. The number of non-ortho nitro benzene ring substituents is 1. The van der Waals surface area contributed by atoms with E-state index in [0.29, 0.717) is 0 Å². The van der Waals surface area contributed by atoms with Crippen LogP contribution < -0.4 is 15.4 Å². The fraction of sp³-hybridized carbons (Fsp3) is 0.318. The monoisotopic (exact) mass is 475 g/mol. The summed E-state index contributed by atoms with van der Waals surface area (Å²) in [6.45, 7) is -0.262. The molecule has 0 spiro atoms. The molecule has 34 heavy (non-hydrogen) atoms. The summed E-state index contributed by atoms with van der Waals surface area (Å²) in [5.41, 5.74) is 0.734. The lowest BCUT2D eigenvalue weighted by Crippen LogP contribution is -2.44. The molecule has 182 valence electrons. The fourth-order valence-electron chi connectivity index (χ4n) is 2.97. The number of nitrogens with zero attached hydrogens (tertiary/aromatic N) is 1. The quantitative estimate of drug-likeness (QED) is 0.261. The number of aliphatic hydroxyl groups excluding tert-OH is 1. The van der Waals surface area contributed by atoms with Gasteiger partial charge in [0.05, 0.1) is 24.6 Å². The summed E-state index contributed by atoms with van der Waals surface area (Å²) in [7, 11) is 1.33. The predicted octanol–water partition coefficient (Wildman–Crippen LogP) is 1.39. The maximum Gasteiger partial charge on any atom is 0.407 e. The molecule has 0 aromatic heterocycles. The fourth-order valence-corrected chi connectivity index (χ4v) is 2.97. The Balaban J connectivity index is 1.86. The third kappa shape index (κ3) is 8.39. The van der Waals surface area contributed by atoms with Gasteiger partial charge in [0.1, 0.15) is 18.4 Å². The number of benzene rings is 2. The molecular weight excluding hydrogens is 450 g/mol. The lowest BCUT2D eigenvalue weighted by atomic mass is 10.0. The molecule has 0 unspecified atom stereocenters. The van der Waals surface area contributed by atoms with Gasteiger partial charge in [-0.3, -0.25) is 14.9 Å². The van der Waals surface area contributed by atoms with E-state index in [1.54, 1.807) is 24.3 Å². The molecular formula is C22H25N3O9. The third-order valence-electron chi connectivity index (χ3n) is 4.65. The van der Waals surface area contributed by atoms with E-state index in [4.69, 9.17) is 9.47 Å². The van der Waals surface area contributed by atoms with Gasteiger partial charge in [-0.2, -0.15) is 0 Å². The molecule has 0 bridgehead atoms. The molecule has 2 rings (SSSR count). The topological polar surface area (TPSA) is 177 Å². The number of carboxylic acid groups (broad SMARTS) is 1. The second-order valence-corrected chi connectivity index (χ2v) is 7.22. The van der Waals surface area contributed by atoms with Crippen LogP contribution in [0.1, 0.15) is 17.5 Å². The van der Waals surface area contributed by atoms with Crippen molar-refractivity contribution in [3.8, 4) is 5.75 Å². The molecule has 12 nitrogen and oxygen atoms in total. The Hall–Kier alpha value is -4.19. The number of nitro groups is 1. The van der Waals surface area contributed by atoms with Crippen LogP contribution in [0.4, 0.5) is 10.5 Å². The molecule has 0 radical (unpaired) electrons. The lowest BCUT2D eigenvalue weighted by molar-refractivity contribution is -0.384. The van der Waals surface area contributed by atoms with Gasteiger partial charge in [-0.25, -0.2) is 9.59 Å². The normalized spacial score (nSPS) is 12.2. The predicted molar refractivity (Wildman–Crippen MR) is 118 cm³/mol. The summed E-state index contributed by atoms with van der Waals surface area (Å²) in [5.74, 6) is -1.94. The highest BCUT2D eigenvalue weighted by Crippen LogP contribution is 2.25. The van der Waals surface area contributed by atoms with Crippen LogP contribution >= 0.6 is 0 Å². The number of methoxy groups -OCH3 is 1. The minimum absolute atomic E-state index is 0.0324. The zero-order valence-electron chi connectivity index (χ0n) is 18.3. The molecule has 0 saturated carbocycles. The molecule has 0 saturated heterocycles. The van der Waals surface area contributed by atoms with Crippen LogP contribution in [0.2, 0.25) is 0 Å². The summed E-state index contributed by atoms with van der Waals surface area (Å²) >= 11 is 0. The van der Waals surface area contributed by atoms with Crippen LogP contribution in [0.5, 0.6) is 5.75 Å². The standard InChI is InChI=1S/C22H25N3O9/c1-33-19-8-7-16(25(31)32)9-15(19)10-18(21(28)29)24-20(27)11-17(26)12-23-22(30)34-13-14-5-3-2-4-6-14/h2-9,17-18,26H,10-13H2,1H3,(H,23,30)(H,24,27)(H,28,29)/t17-,18-/m1/s1. The van der Waals surface area contributed by atoms with Crippen molar-refractivity contribution in [1.29, 1.82) is 0 Å². The van der Waals surface area contributed by atoms with E-state index in [-0.39, 0.29) is 36.6 Å². The smallest absolute Gasteiger partial charge is 0.407 e. The van der Waals surface area contributed by atoms with Gasteiger partial charge in [0.15, 0.2) is 0 Å². The first kappa shape index (κ1) is 26.1. The number of hydrogen-bond donors (Lipinski definition) is 4. The van der Waals surface area contributed by atoms with Crippen LogP contribution in [0.3, 0.4) is 0 Å². The molecule has 0 fully saturated rings. The van der Waals surface area contributed by atoms with E-state index in [9.17, 15) is 34.7 Å². The van der Waals surface area contributed by atoms with Crippen LogP contribution in [0, 0.1) is 10.1 Å². The van der Waals surface area contributed by atoms with Crippen LogP contribution in [0.25, 0.3) is 0 Å². The first-order chi connectivity index (χ1) is 16.2. The maximum atomic E-state index is 12.2. The zero-order valence-corrected chi connectivity index (χ0v) is 18.3. The average molecular weight is 475 g/mol. The zero-order chi connectivity index (χ0) is 25.1. The van der Waals surface area contributed by atoms with E-state index in [1.807, 2.05) is 6.07 Å². The minimum atomic E-state index is -1.43. The number of carboxylic acids is 1. The molecule has 0 aliphatic rings. The first-order valence-corrected chi connectivity index (χ1v) is 10.2. The molecule has 2 amide bonds. The van der Waals surface area contributed by atoms with Crippen molar-refractivity contribution in [1.82, 2.24) is 10.6 Å². The number of aliphatic carboxylic acids is 1. The molecule has 4 N–H and O–H groups in total. The van der Waals surface area contributed by atoms with Crippen LogP contribution in [0.15, 0.2) is 48.5 Å². The number of rotatable bonds is 12. The van der Waals surface area contributed by atoms with Gasteiger partial charge >= 0.3 is 12.1 Å². The van der Waals surface area contributed by atoms with Gasteiger partial charge in [0.25, 0.3) is 5.69 Å². The summed E-state index contributed by atoms with van der Waals surface area (Å²) in [6.07, 6.45) is -2.86. The number of aliphatic hydroxyl groups is 1. The van der Waals surface area contributed by atoms with E-state index >= 15 is 0 Å². The molecule has 2 aromatic carbocycles. The van der Waals surface area contributed by atoms with Crippen molar-refractivity contribution in [3.63, 3.8) is 0 Å². The van der Waals surface area contributed by atoms with E-state index in [1.165, 1.54) is 25.3 Å². The summed E-state index contributed by atoms with van der Waals surface area (Å²) in [6, 6.07) is 11.2. The second-order valence-electron chi connectivity index (χ2n) is 7.22. The summed E-state index contributed by atoms with van der Waals surface area (Å²) < 4.78 is 10.1. The highest BCUT2D eigenvalue weighted by Gasteiger charge is 2.24. The number of nitrogens with one attached hydrogen (secondary N) is 2. The largest absolute Gasteiger partial charge is 0.496 e. The van der Waals surface area contributed by atoms with Crippen molar-refractivity contribution < 1.29 is 39.0 Å². The van der Waals surface area contributed by atoms with E-state index < -0.39 is 41.5 Å². The number of carbonyl (C=O) groups excluding carboxylic acids is 2. The Labute approximate surface area is 194 Å². The number of ether oxygens (including phenoxy) is 2. The van der Waals surface area contributed by atoms with Crippen molar-refractivity contribution >= 4 is 23.7 Å². The van der Waals surface area contributed by atoms with E-state index in [2.05, 4.69) is 10.6 Å². The average Bonchev–Trinajstić information content (AvgIpc) is 2.81. The Morgan fingerprint density at radius 3 is 2.47 bits per heavy atom. The van der Waals surface area contributed by atoms with Crippen LogP contribution in [-0.2, 0) is 27.4 Å². The Morgan fingerprint density at radius 1 is 1.15 bits per heavy atom. The van der Waals surface area contributed by atoms with Crippen molar-refractivity contribution in [3.05, 3.63) is 69.8 Å². The number of alkyl carbamates (subject to hydrolysis) is 1. The third-order valence-corrected chi connectivity index (χ3v) is 4.65. The number of carbonyl (C=O) groups is 3. The summed E-state index contributed by atoms with van der Waals surface area (Å²) in [4.78, 5) is 46.0. The SMILES string of the molecule is COc1ccc([N+](=O)[O-])cc1C[C@@H](NC(=O)C[C@@H](O)CNC(=O)OCc1ccccc1)C(=O)O.